The lowest BCUT2D eigenvalue weighted by Crippen LogP contribution is -2.56. The van der Waals surface area contributed by atoms with Gasteiger partial charge in [-0.3, -0.25) is 13.9 Å². The molecule has 0 heterocycles. The Morgan fingerprint density at radius 3 is 2.18 bits per heavy atom. The molecule has 7 nitrogen and oxygen atoms in total. The summed E-state index contributed by atoms with van der Waals surface area (Å²) >= 11 is 6.47. The predicted molar refractivity (Wildman–Crippen MR) is 157 cm³/mol. The van der Waals surface area contributed by atoms with Crippen molar-refractivity contribution < 1.29 is 18.0 Å². The highest BCUT2D eigenvalue weighted by Crippen LogP contribution is 2.23. The van der Waals surface area contributed by atoms with Crippen molar-refractivity contribution in [2.45, 2.75) is 52.2 Å². The number of hydrogen-bond acceptors (Lipinski definition) is 4. The first-order valence-corrected chi connectivity index (χ1v) is 14.9. The highest BCUT2D eigenvalue weighted by molar-refractivity contribution is 7.92. The highest BCUT2D eigenvalue weighted by Gasteiger charge is 2.34. The largest absolute Gasteiger partial charge is 0.350 e. The summed E-state index contributed by atoms with van der Waals surface area (Å²) in [7, 11) is -3.82. The van der Waals surface area contributed by atoms with Gasteiger partial charge in [0.05, 0.1) is 11.9 Å². The average Bonchev–Trinajstić information content (AvgIpc) is 2.84. The molecule has 0 saturated heterocycles. The van der Waals surface area contributed by atoms with Gasteiger partial charge >= 0.3 is 0 Å². The van der Waals surface area contributed by atoms with Crippen LogP contribution >= 0.6 is 11.6 Å². The van der Waals surface area contributed by atoms with Crippen molar-refractivity contribution in [3.63, 3.8) is 0 Å². The number of benzene rings is 3. The van der Waals surface area contributed by atoms with Crippen molar-refractivity contribution >= 4 is 39.1 Å². The van der Waals surface area contributed by atoms with Gasteiger partial charge in [-0.05, 0) is 62.6 Å². The van der Waals surface area contributed by atoms with Crippen molar-refractivity contribution in [2.24, 2.45) is 0 Å². The van der Waals surface area contributed by atoms with Crippen molar-refractivity contribution in [3.8, 4) is 0 Å². The molecule has 0 radical (unpaired) electrons. The first-order chi connectivity index (χ1) is 18.2. The lowest BCUT2D eigenvalue weighted by molar-refractivity contribution is -0.140. The molecule has 0 aromatic heterocycles. The van der Waals surface area contributed by atoms with Gasteiger partial charge in [0.15, 0.2) is 0 Å². The molecule has 0 aliphatic rings. The second kappa shape index (κ2) is 12.7. The van der Waals surface area contributed by atoms with E-state index < -0.39 is 34.1 Å². The van der Waals surface area contributed by atoms with Gasteiger partial charge < -0.3 is 10.2 Å². The van der Waals surface area contributed by atoms with Gasteiger partial charge in [0.1, 0.15) is 12.6 Å². The first-order valence-electron chi connectivity index (χ1n) is 12.7. The first kappa shape index (κ1) is 30.2. The molecular formula is C30H36ClN3O4S. The van der Waals surface area contributed by atoms with Crippen LogP contribution < -0.4 is 9.62 Å². The molecule has 3 aromatic rings. The van der Waals surface area contributed by atoms with Gasteiger partial charge in [-0.25, -0.2) is 8.42 Å². The highest BCUT2D eigenvalue weighted by atomic mass is 35.5. The number of carbonyl (C=O) groups excluding carboxylic acids is 2. The number of nitrogens with zero attached hydrogens (tertiary/aromatic N) is 2. The van der Waals surface area contributed by atoms with Crippen LogP contribution in [0.15, 0.2) is 78.9 Å². The zero-order valence-corrected chi connectivity index (χ0v) is 24.6. The van der Waals surface area contributed by atoms with Gasteiger partial charge in [-0.2, -0.15) is 0 Å². The van der Waals surface area contributed by atoms with Crippen molar-refractivity contribution in [1.82, 2.24) is 10.2 Å². The topological polar surface area (TPSA) is 86.8 Å². The second-order valence-electron chi connectivity index (χ2n) is 10.7. The minimum absolute atomic E-state index is 0.0268. The van der Waals surface area contributed by atoms with E-state index in [0.717, 1.165) is 21.7 Å². The zero-order chi connectivity index (χ0) is 28.8. The van der Waals surface area contributed by atoms with E-state index in [1.165, 1.54) is 4.90 Å². The quantitative estimate of drug-likeness (QED) is 0.373. The molecule has 208 valence electrons. The Kier molecular flexibility index (Phi) is 9.80. The molecule has 1 atom stereocenters. The Bertz CT molecular complexity index is 1400. The predicted octanol–water partition coefficient (Wildman–Crippen LogP) is 4.97. The summed E-state index contributed by atoms with van der Waals surface area (Å²) in [6.45, 7) is 7.01. The fourth-order valence-electron chi connectivity index (χ4n) is 4.21. The molecule has 0 saturated carbocycles. The minimum Gasteiger partial charge on any atom is -0.350 e. The van der Waals surface area contributed by atoms with Gasteiger partial charge in [0, 0.05) is 23.5 Å². The fourth-order valence-corrected chi connectivity index (χ4v) is 5.25. The minimum atomic E-state index is -3.82. The van der Waals surface area contributed by atoms with Crippen LogP contribution in [0.3, 0.4) is 0 Å². The molecule has 3 aromatic carbocycles. The van der Waals surface area contributed by atoms with Crippen LogP contribution in [0.4, 0.5) is 5.69 Å². The van der Waals surface area contributed by atoms with Gasteiger partial charge in [0.25, 0.3) is 0 Å². The monoisotopic (exact) mass is 569 g/mol. The van der Waals surface area contributed by atoms with Crippen LogP contribution in [0.5, 0.6) is 0 Å². The van der Waals surface area contributed by atoms with E-state index in [2.05, 4.69) is 5.32 Å². The SMILES string of the molecule is Cc1cccc(N(CC(=O)N(Cc2ccccc2Cl)[C@H](Cc2ccccc2)C(=O)NC(C)(C)C)S(C)(=O)=O)c1. The second-order valence-corrected chi connectivity index (χ2v) is 13.0. The third-order valence-corrected chi connectivity index (χ3v) is 7.55. The number of aryl methyl sites for hydroxylation is 1. The lowest BCUT2D eigenvalue weighted by atomic mass is 10.0. The Labute approximate surface area is 236 Å². The smallest absolute Gasteiger partial charge is 0.244 e. The number of amides is 2. The molecule has 0 aliphatic heterocycles. The number of anilines is 1. The van der Waals surface area contributed by atoms with Crippen LogP contribution in [0.25, 0.3) is 0 Å². The third kappa shape index (κ3) is 8.83. The fraction of sp³-hybridized carbons (Fsp3) is 0.333. The molecule has 0 fully saturated rings. The molecule has 0 unspecified atom stereocenters. The lowest BCUT2D eigenvalue weighted by Gasteiger charge is -2.35. The van der Waals surface area contributed by atoms with Crippen LogP contribution in [-0.4, -0.2) is 49.5 Å². The van der Waals surface area contributed by atoms with Crippen LogP contribution in [0, 0.1) is 6.92 Å². The maximum absolute atomic E-state index is 14.1. The molecule has 3 rings (SSSR count). The van der Waals surface area contributed by atoms with E-state index in [4.69, 9.17) is 11.6 Å². The van der Waals surface area contributed by atoms with Gasteiger partial charge in [-0.1, -0.05) is 72.3 Å². The number of rotatable bonds is 10. The van der Waals surface area contributed by atoms with E-state index in [-0.39, 0.29) is 18.9 Å². The van der Waals surface area contributed by atoms with E-state index >= 15 is 0 Å². The number of nitrogens with one attached hydrogen (secondary N) is 1. The summed E-state index contributed by atoms with van der Waals surface area (Å²) in [5, 5.41) is 3.45. The van der Waals surface area contributed by atoms with Gasteiger partial charge in [0.2, 0.25) is 21.8 Å². The molecule has 1 N–H and O–H groups in total. The van der Waals surface area contributed by atoms with Crippen molar-refractivity contribution in [3.05, 3.63) is 101 Å². The van der Waals surface area contributed by atoms with E-state index in [0.29, 0.717) is 16.3 Å². The van der Waals surface area contributed by atoms with Crippen LogP contribution in [-0.2, 0) is 32.6 Å². The van der Waals surface area contributed by atoms with E-state index in [9.17, 15) is 18.0 Å². The summed E-state index contributed by atoms with van der Waals surface area (Å²) in [5.74, 6) is -0.861. The molecule has 9 heteroatoms. The summed E-state index contributed by atoms with van der Waals surface area (Å²) in [4.78, 5) is 29.2. The normalized spacial score (nSPS) is 12.5. The molecule has 39 heavy (non-hydrogen) atoms. The molecule has 0 aliphatic carbocycles. The van der Waals surface area contributed by atoms with Gasteiger partial charge in [-0.15, -0.1) is 0 Å². The molecule has 0 bridgehead atoms. The van der Waals surface area contributed by atoms with E-state index in [1.807, 2.05) is 64.1 Å². The molecule has 0 spiro atoms. The molecular weight excluding hydrogens is 534 g/mol. The maximum Gasteiger partial charge on any atom is 0.244 e. The third-order valence-electron chi connectivity index (χ3n) is 6.04. The maximum atomic E-state index is 14.1. The summed E-state index contributed by atoms with van der Waals surface area (Å²) < 4.78 is 26.8. The standard InChI is InChI=1S/C30H36ClN3O4S/c1-22-12-11-16-25(18-22)34(39(5,37)38)21-28(35)33(20-24-15-9-10-17-26(24)31)27(29(36)32-30(2,3)4)19-23-13-7-6-8-14-23/h6-18,27H,19-21H2,1-5H3,(H,32,36)/t27-/m1/s1. The number of sulfonamides is 1. The molecule has 2 amide bonds. The zero-order valence-electron chi connectivity index (χ0n) is 23.0. The Hall–Kier alpha value is -3.36. The summed E-state index contributed by atoms with van der Waals surface area (Å²) in [6, 6.07) is 22.5. The Morgan fingerprint density at radius 2 is 1.59 bits per heavy atom. The number of carbonyl (C=O) groups is 2. The van der Waals surface area contributed by atoms with E-state index in [1.54, 1.807) is 42.5 Å². The Morgan fingerprint density at radius 1 is 0.949 bits per heavy atom. The average molecular weight is 570 g/mol. The number of halogens is 1. The number of hydrogen-bond donors (Lipinski definition) is 1. The van der Waals surface area contributed by atoms with Crippen LogP contribution in [0.2, 0.25) is 5.02 Å². The summed E-state index contributed by atoms with van der Waals surface area (Å²) in [6.07, 6.45) is 1.30. The van der Waals surface area contributed by atoms with Crippen LogP contribution in [0.1, 0.15) is 37.5 Å². The Balaban J connectivity index is 2.09. The summed E-state index contributed by atoms with van der Waals surface area (Å²) in [5.41, 5.74) is 2.19. The van der Waals surface area contributed by atoms with Crippen molar-refractivity contribution in [1.29, 1.82) is 0 Å². The van der Waals surface area contributed by atoms with Crippen molar-refractivity contribution in [2.75, 3.05) is 17.1 Å².